The van der Waals surface area contributed by atoms with Crippen molar-refractivity contribution in [2.45, 2.75) is 108 Å². The minimum absolute atomic E-state index is 0.00352. The summed E-state index contributed by atoms with van der Waals surface area (Å²) in [6.45, 7) is 6.19. The quantitative estimate of drug-likeness (QED) is 0.0494. The van der Waals surface area contributed by atoms with Gasteiger partial charge in [0.15, 0.2) is 0 Å². The molecule has 9 N–H and O–H groups in total. The van der Waals surface area contributed by atoms with Crippen LogP contribution in [0.1, 0.15) is 81.8 Å². The summed E-state index contributed by atoms with van der Waals surface area (Å²) in [6.07, 6.45) is 5.55. The van der Waals surface area contributed by atoms with E-state index in [1.165, 1.54) is 11.3 Å². The lowest BCUT2D eigenvalue weighted by molar-refractivity contribution is -0.123. The zero-order valence-corrected chi connectivity index (χ0v) is 37.4. The maximum absolute atomic E-state index is 13.8. The molecule has 3 aliphatic rings. The number of nitrogens with one attached hydrogen (secondary N) is 7. The van der Waals surface area contributed by atoms with Crippen LogP contribution in [-0.4, -0.2) is 92.8 Å². The molecule has 14 nitrogen and oxygen atoms in total. The number of ether oxygens (including phenoxy) is 1. The number of piperidine rings is 2. The number of amides is 1. The Labute approximate surface area is 374 Å². The molecule has 3 aromatic heterocycles. The number of fused-ring (bicyclic) bond motifs is 1. The van der Waals surface area contributed by atoms with E-state index in [0.717, 1.165) is 99.0 Å². The number of halogens is 2. The first-order valence-electron chi connectivity index (χ1n) is 21.1. The molecule has 61 heavy (non-hydrogen) atoms. The SMILES string of the molecule is Cc1nc(C(NCCNc2cc(-c3ccc(Cl)cc3)[nH]n2)C2CCCC(C(O)Cc3sc(C(NC(=O)C4COc5cc(Cl)ccc5N4)C4CCCCN4)nc3C)N2)sc1CO. The summed E-state index contributed by atoms with van der Waals surface area (Å²) >= 11 is 15.3. The number of carbonyl (C=O) groups is 1. The Morgan fingerprint density at radius 2 is 1.64 bits per heavy atom. The fourth-order valence-corrected chi connectivity index (χ4v) is 11.0. The van der Waals surface area contributed by atoms with Crippen molar-refractivity contribution in [1.29, 1.82) is 0 Å². The summed E-state index contributed by atoms with van der Waals surface area (Å²) < 4.78 is 5.92. The summed E-state index contributed by atoms with van der Waals surface area (Å²) in [6, 6.07) is 13.8. The summed E-state index contributed by atoms with van der Waals surface area (Å²) in [7, 11) is 0. The number of hydrogen-bond donors (Lipinski definition) is 9. The molecule has 0 saturated carbocycles. The number of aliphatic hydroxyl groups is 2. The highest BCUT2D eigenvalue weighted by molar-refractivity contribution is 7.12. The van der Waals surface area contributed by atoms with Crippen LogP contribution in [0.4, 0.5) is 11.5 Å². The first-order chi connectivity index (χ1) is 29.6. The third-order valence-corrected chi connectivity index (χ3v) is 14.8. The van der Waals surface area contributed by atoms with Gasteiger partial charge in [0.25, 0.3) is 0 Å². The molecule has 0 spiro atoms. The van der Waals surface area contributed by atoms with Crippen LogP contribution in [0.25, 0.3) is 11.3 Å². The van der Waals surface area contributed by atoms with Crippen molar-refractivity contribution in [3.05, 3.63) is 89.7 Å². The van der Waals surface area contributed by atoms with Crippen molar-refractivity contribution in [1.82, 2.24) is 41.4 Å². The number of hydrogen-bond acceptors (Lipinski definition) is 14. The molecule has 5 aromatic rings. The zero-order chi connectivity index (χ0) is 42.5. The molecule has 8 rings (SSSR count). The monoisotopic (exact) mass is 908 g/mol. The number of benzene rings is 2. The van der Waals surface area contributed by atoms with E-state index >= 15 is 0 Å². The topological polar surface area (TPSA) is 193 Å². The van der Waals surface area contributed by atoms with E-state index in [0.29, 0.717) is 35.3 Å². The normalized spacial score (nSPS) is 21.7. The van der Waals surface area contributed by atoms with Crippen LogP contribution in [-0.2, 0) is 17.8 Å². The van der Waals surface area contributed by atoms with Gasteiger partial charge in [-0.25, -0.2) is 9.97 Å². The summed E-state index contributed by atoms with van der Waals surface area (Å²) in [5.74, 6) is 1.21. The smallest absolute Gasteiger partial charge is 0.246 e. The van der Waals surface area contributed by atoms with Gasteiger partial charge in [0.1, 0.15) is 34.2 Å². The van der Waals surface area contributed by atoms with E-state index in [1.54, 1.807) is 23.5 Å². The number of carbonyl (C=O) groups excluding carboxylic acids is 1. The molecular weight excluding hydrogens is 856 g/mol. The van der Waals surface area contributed by atoms with E-state index in [-0.39, 0.29) is 49.3 Å². The van der Waals surface area contributed by atoms with E-state index in [4.69, 9.17) is 37.9 Å². The standard InChI is InChI=1S/C43H54Cl2N10O4S2/c1-23-36(60-43(49-23)40(30-6-3-4-15-46-30)53-41(58)33-22-59-35-18-27(45)13-14-29(35)52-33)20-34(57)28-7-5-8-31(51-28)39(42-50-24(2)37(21-56)61-42)48-17-16-47-38-19-32(54-55-38)25-9-11-26(44)12-10-25/h9-14,18-19,28,30-31,33-34,39-40,46,48,51-52,56-57H,3-8,15-17,20-22H2,1-2H3,(H,53,58)(H2,47,54,55). The second-order valence-electron chi connectivity index (χ2n) is 16.1. The Balaban J connectivity index is 0.915. The lowest BCUT2D eigenvalue weighted by Gasteiger charge is -2.37. The number of aryl methyl sites for hydroxylation is 2. The Kier molecular flexibility index (Phi) is 14.4. The number of aromatic amines is 1. The molecule has 326 valence electrons. The van der Waals surface area contributed by atoms with Gasteiger partial charge in [-0.1, -0.05) is 48.2 Å². The molecule has 18 heteroatoms. The largest absolute Gasteiger partial charge is 0.489 e. The molecule has 2 saturated heterocycles. The van der Waals surface area contributed by atoms with Gasteiger partial charge in [-0.05, 0) is 75.9 Å². The predicted molar refractivity (Wildman–Crippen MR) is 243 cm³/mol. The molecular formula is C43H54Cl2N10O4S2. The van der Waals surface area contributed by atoms with Crippen LogP contribution in [0.5, 0.6) is 5.75 Å². The van der Waals surface area contributed by atoms with Crippen LogP contribution >= 0.6 is 45.9 Å². The van der Waals surface area contributed by atoms with Crippen molar-refractivity contribution in [2.75, 3.05) is 36.9 Å². The highest BCUT2D eigenvalue weighted by Gasteiger charge is 2.36. The Morgan fingerprint density at radius 1 is 0.902 bits per heavy atom. The van der Waals surface area contributed by atoms with Crippen molar-refractivity contribution in [2.24, 2.45) is 0 Å². The maximum Gasteiger partial charge on any atom is 0.246 e. The lowest BCUT2D eigenvalue weighted by Crippen LogP contribution is -2.54. The van der Waals surface area contributed by atoms with Crippen LogP contribution in [0, 0.1) is 13.8 Å². The number of nitrogens with zero attached hydrogens (tertiary/aromatic N) is 3. The van der Waals surface area contributed by atoms with Gasteiger partial charge in [-0.3, -0.25) is 9.89 Å². The number of aromatic nitrogens is 4. The molecule has 0 aliphatic carbocycles. The molecule has 7 unspecified atom stereocenters. The second-order valence-corrected chi connectivity index (χ2v) is 19.2. The average molecular weight is 910 g/mol. The van der Waals surface area contributed by atoms with E-state index in [1.807, 2.05) is 50.2 Å². The Bertz CT molecular complexity index is 2250. The third kappa shape index (κ3) is 10.7. The number of H-pyrrole nitrogens is 1. The van der Waals surface area contributed by atoms with Crippen LogP contribution < -0.4 is 36.6 Å². The molecule has 7 atom stereocenters. The van der Waals surface area contributed by atoms with Gasteiger partial charge in [-0.15, -0.1) is 22.7 Å². The van der Waals surface area contributed by atoms with Crippen LogP contribution in [0.3, 0.4) is 0 Å². The van der Waals surface area contributed by atoms with Crippen molar-refractivity contribution < 1.29 is 19.7 Å². The fourth-order valence-electron chi connectivity index (χ4n) is 8.44. The van der Waals surface area contributed by atoms with Crippen molar-refractivity contribution in [3.63, 3.8) is 0 Å². The summed E-state index contributed by atoms with van der Waals surface area (Å²) in [4.78, 5) is 25.6. The third-order valence-electron chi connectivity index (χ3n) is 11.8. The van der Waals surface area contributed by atoms with Gasteiger partial charge >= 0.3 is 0 Å². The lowest BCUT2D eigenvalue weighted by atomic mass is 9.90. The second kappa shape index (κ2) is 20.1. The van der Waals surface area contributed by atoms with Gasteiger partial charge < -0.3 is 46.9 Å². The minimum Gasteiger partial charge on any atom is -0.489 e. The molecule has 0 radical (unpaired) electrons. The predicted octanol–water partition coefficient (Wildman–Crippen LogP) is 6.44. The van der Waals surface area contributed by atoms with Crippen molar-refractivity contribution in [3.8, 4) is 17.0 Å². The highest BCUT2D eigenvalue weighted by atomic mass is 35.5. The summed E-state index contributed by atoms with van der Waals surface area (Å²) in [5.41, 5.74) is 4.33. The Morgan fingerprint density at radius 3 is 2.41 bits per heavy atom. The van der Waals surface area contributed by atoms with Crippen LogP contribution in [0.2, 0.25) is 10.0 Å². The van der Waals surface area contributed by atoms with E-state index in [9.17, 15) is 15.0 Å². The van der Waals surface area contributed by atoms with Gasteiger partial charge in [0, 0.05) is 64.7 Å². The zero-order valence-electron chi connectivity index (χ0n) is 34.3. The first-order valence-corrected chi connectivity index (χ1v) is 23.5. The van der Waals surface area contributed by atoms with Gasteiger partial charge in [0.05, 0.1) is 52.4 Å². The minimum atomic E-state index is -0.657. The average Bonchev–Trinajstić information content (AvgIpc) is 4.01. The molecule has 1 amide bonds. The molecule has 6 heterocycles. The van der Waals surface area contributed by atoms with Crippen molar-refractivity contribution >= 4 is 63.3 Å². The molecule has 0 bridgehead atoms. The maximum atomic E-state index is 13.8. The van der Waals surface area contributed by atoms with Gasteiger partial charge in [-0.2, -0.15) is 5.10 Å². The highest BCUT2D eigenvalue weighted by Crippen LogP contribution is 2.35. The fraction of sp³-hybridized carbons (Fsp3) is 0.488. The number of thiazole rings is 2. The molecule has 2 aromatic carbocycles. The van der Waals surface area contributed by atoms with Gasteiger partial charge in [0.2, 0.25) is 5.91 Å². The molecule has 3 aliphatic heterocycles. The molecule has 2 fully saturated rings. The first kappa shape index (κ1) is 43.8. The Hall–Kier alpha value is -3.84. The summed E-state index contributed by atoms with van der Waals surface area (Å²) in [5, 5.41) is 53.7. The van der Waals surface area contributed by atoms with E-state index in [2.05, 4.69) is 42.1 Å². The van der Waals surface area contributed by atoms with E-state index < -0.39 is 12.1 Å². The number of anilines is 2. The number of aliphatic hydroxyl groups excluding tert-OH is 2. The number of rotatable bonds is 16. The van der Waals surface area contributed by atoms with Crippen LogP contribution in [0.15, 0.2) is 48.5 Å².